The molecule has 1 spiro atoms. The van der Waals surface area contributed by atoms with Gasteiger partial charge >= 0.3 is 0 Å². The third-order valence-corrected chi connectivity index (χ3v) is 10.7. The predicted octanol–water partition coefficient (Wildman–Crippen LogP) is 10.8. The molecule has 11 rings (SSSR count). The van der Waals surface area contributed by atoms with Crippen molar-refractivity contribution in [3.05, 3.63) is 179 Å². The first-order valence-electron chi connectivity index (χ1n) is 16.5. The maximum atomic E-state index is 10.1. The average Bonchev–Trinajstić information content (AvgIpc) is 3.69. The van der Waals surface area contributed by atoms with E-state index < -0.39 is 5.41 Å². The van der Waals surface area contributed by atoms with Crippen LogP contribution in [0.4, 0.5) is 0 Å². The standard InChI is InChI=1S/C45H25N3O/c46-26-27-17-20-31-32-21-18-28(24-38(32)45(37(31)23-27)35-11-3-7-15-42(35)49-43-16-8-4-12-36(43)45)29-19-22-33-30-9-1-2-10-34(30)44-47-39-13-5-6-14-40(39)48(44)41(33)25-29/h1-25H. The molecule has 4 nitrogen and oxygen atoms in total. The lowest BCUT2D eigenvalue weighted by Crippen LogP contribution is -2.32. The fourth-order valence-corrected chi connectivity index (χ4v) is 8.64. The Hall–Kier alpha value is -6.70. The number of hydrogen-bond donors (Lipinski definition) is 0. The lowest BCUT2D eigenvalue weighted by Gasteiger charge is -2.39. The normalized spacial score (nSPS) is 13.6. The van der Waals surface area contributed by atoms with Crippen molar-refractivity contribution in [2.45, 2.75) is 5.41 Å². The highest BCUT2D eigenvalue weighted by molar-refractivity contribution is 6.14. The highest BCUT2D eigenvalue weighted by atomic mass is 16.5. The minimum absolute atomic E-state index is 0.644. The number of aromatic nitrogens is 2. The van der Waals surface area contributed by atoms with Crippen LogP contribution in [0.2, 0.25) is 0 Å². The largest absolute Gasteiger partial charge is 0.457 e. The van der Waals surface area contributed by atoms with E-state index in [1.54, 1.807) is 0 Å². The number of fused-ring (bicyclic) bond motifs is 17. The van der Waals surface area contributed by atoms with E-state index in [0.29, 0.717) is 5.56 Å². The zero-order valence-electron chi connectivity index (χ0n) is 26.2. The molecule has 226 valence electrons. The molecular weight excluding hydrogens is 599 g/mol. The molecule has 4 heteroatoms. The molecule has 1 aliphatic carbocycles. The smallest absolute Gasteiger partial charge is 0.146 e. The molecule has 7 aromatic carbocycles. The SMILES string of the molecule is N#Cc1ccc2c(c1)C1(c3ccccc3Oc3ccccc31)c1cc(-c3ccc4c5ccccc5c5nc6ccccc6n5c4c3)ccc1-2. The van der Waals surface area contributed by atoms with Crippen LogP contribution in [0, 0.1) is 11.3 Å². The minimum atomic E-state index is -0.653. The first-order chi connectivity index (χ1) is 24.2. The summed E-state index contributed by atoms with van der Waals surface area (Å²) in [6, 6.07) is 55.8. The predicted molar refractivity (Wildman–Crippen MR) is 195 cm³/mol. The topological polar surface area (TPSA) is 50.3 Å². The van der Waals surface area contributed by atoms with E-state index in [9.17, 15) is 5.26 Å². The molecule has 0 radical (unpaired) electrons. The van der Waals surface area contributed by atoms with Gasteiger partial charge in [-0.25, -0.2) is 4.98 Å². The van der Waals surface area contributed by atoms with Crippen molar-refractivity contribution in [3.8, 4) is 39.8 Å². The van der Waals surface area contributed by atoms with Crippen molar-refractivity contribution in [1.82, 2.24) is 9.38 Å². The zero-order chi connectivity index (χ0) is 32.3. The molecule has 0 fully saturated rings. The molecular formula is C45H25N3O. The van der Waals surface area contributed by atoms with Gasteiger partial charge in [-0.3, -0.25) is 4.40 Å². The van der Waals surface area contributed by atoms with Crippen LogP contribution in [0.15, 0.2) is 152 Å². The number of nitriles is 1. The van der Waals surface area contributed by atoms with E-state index in [0.717, 1.165) is 72.5 Å². The molecule has 0 bridgehead atoms. The Morgan fingerprint density at radius 2 is 1.16 bits per heavy atom. The van der Waals surface area contributed by atoms with Crippen molar-refractivity contribution in [1.29, 1.82) is 5.26 Å². The number of ether oxygens (including phenoxy) is 1. The van der Waals surface area contributed by atoms with Crippen LogP contribution in [-0.4, -0.2) is 9.38 Å². The number of imidazole rings is 1. The van der Waals surface area contributed by atoms with Gasteiger partial charge in [-0.2, -0.15) is 5.26 Å². The third-order valence-electron chi connectivity index (χ3n) is 10.7. The Balaban J connectivity index is 1.23. The number of nitrogens with zero attached hydrogens (tertiary/aromatic N) is 3. The summed E-state index contributed by atoms with van der Waals surface area (Å²) in [4.78, 5) is 5.11. The summed E-state index contributed by atoms with van der Waals surface area (Å²) in [5, 5.41) is 13.6. The van der Waals surface area contributed by atoms with Crippen LogP contribution < -0.4 is 4.74 Å². The highest BCUT2D eigenvalue weighted by Gasteiger charge is 2.51. The van der Waals surface area contributed by atoms with Gasteiger partial charge in [0.25, 0.3) is 0 Å². The maximum Gasteiger partial charge on any atom is 0.146 e. The van der Waals surface area contributed by atoms with Gasteiger partial charge in [0.05, 0.1) is 33.6 Å². The van der Waals surface area contributed by atoms with Crippen LogP contribution in [0.1, 0.15) is 27.8 Å². The van der Waals surface area contributed by atoms with Crippen LogP contribution >= 0.6 is 0 Å². The second kappa shape index (κ2) is 9.44. The molecule has 0 saturated carbocycles. The second-order valence-corrected chi connectivity index (χ2v) is 13.0. The Labute approximate surface area is 281 Å². The monoisotopic (exact) mass is 623 g/mol. The van der Waals surface area contributed by atoms with Crippen molar-refractivity contribution >= 4 is 38.4 Å². The molecule has 0 amide bonds. The summed E-state index contributed by atoms with van der Waals surface area (Å²) in [7, 11) is 0. The van der Waals surface area contributed by atoms with Crippen molar-refractivity contribution in [3.63, 3.8) is 0 Å². The van der Waals surface area contributed by atoms with Crippen LogP contribution in [0.25, 0.3) is 60.6 Å². The van der Waals surface area contributed by atoms with E-state index in [4.69, 9.17) is 9.72 Å². The molecule has 0 saturated heterocycles. The van der Waals surface area contributed by atoms with E-state index in [-0.39, 0.29) is 0 Å². The molecule has 3 heterocycles. The summed E-state index contributed by atoms with van der Waals surface area (Å²) in [5.41, 5.74) is 13.2. The molecule has 49 heavy (non-hydrogen) atoms. The van der Waals surface area contributed by atoms with Crippen molar-refractivity contribution in [2.75, 3.05) is 0 Å². The van der Waals surface area contributed by atoms with Crippen molar-refractivity contribution in [2.24, 2.45) is 0 Å². The van der Waals surface area contributed by atoms with E-state index in [1.165, 1.54) is 21.9 Å². The Kier molecular flexibility index (Phi) is 5.08. The Morgan fingerprint density at radius 1 is 0.531 bits per heavy atom. The lowest BCUT2D eigenvalue weighted by atomic mass is 9.65. The summed E-state index contributed by atoms with van der Waals surface area (Å²) < 4.78 is 8.86. The molecule has 0 N–H and O–H groups in total. The van der Waals surface area contributed by atoms with Gasteiger partial charge in [0.15, 0.2) is 0 Å². The molecule has 0 unspecified atom stereocenters. The van der Waals surface area contributed by atoms with Gasteiger partial charge in [-0.05, 0) is 87.3 Å². The van der Waals surface area contributed by atoms with E-state index in [1.807, 2.05) is 18.2 Å². The summed E-state index contributed by atoms with van der Waals surface area (Å²) in [6.45, 7) is 0. The first-order valence-corrected chi connectivity index (χ1v) is 16.5. The maximum absolute atomic E-state index is 10.1. The summed E-state index contributed by atoms with van der Waals surface area (Å²) in [5.74, 6) is 1.67. The zero-order valence-corrected chi connectivity index (χ0v) is 26.2. The molecule has 2 aromatic heterocycles. The second-order valence-electron chi connectivity index (χ2n) is 13.0. The van der Waals surface area contributed by atoms with E-state index >= 15 is 0 Å². The van der Waals surface area contributed by atoms with Gasteiger partial charge in [-0.15, -0.1) is 0 Å². The first kappa shape index (κ1) is 26.4. The van der Waals surface area contributed by atoms with Crippen LogP contribution in [0.5, 0.6) is 11.5 Å². The number of para-hydroxylation sites is 4. The minimum Gasteiger partial charge on any atom is -0.457 e. The van der Waals surface area contributed by atoms with Gasteiger partial charge in [0.2, 0.25) is 0 Å². The fourth-order valence-electron chi connectivity index (χ4n) is 8.64. The van der Waals surface area contributed by atoms with Crippen LogP contribution in [-0.2, 0) is 5.41 Å². The van der Waals surface area contributed by atoms with Gasteiger partial charge in [0.1, 0.15) is 17.1 Å². The third kappa shape index (κ3) is 3.33. The quantitative estimate of drug-likeness (QED) is 0.171. The van der Waals surface area contributed by atoms with Crippen LogP contribution in [0.3, 0.4) is 0 Å². The van der Waals surface area contributed by atoms with E-state index in [2.05, 4.69) is 144 Å². The molecule has 1 aliphatic heterocycles. The molecule has 2 aliphatic rings. The fraction of sp³-hybridized carbons (Fsp3) is 0.0222. The van der Waals surface area contributed by atoms with Crippen molar-refractivity contribution < 1.29 is 4.74 Å². The Morgan fingerprint density at radius 3 is 1.96 bits per heavy atom. The average molecular weight is 624 g/mol. The number of pyridine rings is 1. The number of hydrogen-bond acceptors (Lipinski definition) is 3. The summed E-state index contributed by atoms with van der Waals surface area (Å²) >= 11 is 0. The Bertz CT molecular complexity index is 2900. The number of rotatable bonds is 1. The van der Waals surface area contributed by atoms with Gasteiger partial charge < -0.3 is 4.74 Å². The summed E-state index contributed by atoms with van der Waals surface area (Å²) in [6.07, 6.45) is 0. The van der Waals surface area contributed by atoms with Gasteiger partial charge in [-0.1, -0.05) is 103 Å². The highest BCUT2D eigenvalue weighted by Crippen LogP contribution is 2.62. The molecule has 0 atom stereocenters. The number of benzene rings is 7. The lowest BCUT2D eigenvalue weighted by molar-refractivity contribution is 0.436. The van der Waals surface area contributed by atoms with Gasteiger partial charge in [0, 0.05) is 21.9 Å². The molecule has 9 aromatic rings.